The second-order valence-corrected chi connectivity index (χ2v) is 13.5. The maximum absolute atomic E-state index is 13.6. The zero-order chi connectivity index (χ0) is 25.6. The van der Waals surface area contributed by atoms with Gasteiger partial charge in [-0.3, -0.25) is 9.52 Å². The van der Waals surface area contributed by atoms with Crippen LogP contribution in [-0.4, -0.2) is 44.0 Å². The molecule has 0 saturated heterocycles. The molecule has 9 nitrogen and oxygen atoms in total. The molecule has 188 valence electrons. The molecule has 0 spiro atoms. The van der Waals surface area contributed by atoms with Crippen molar-refractivity contribution < 1.29 is 21.6 Å². The summed E-state index contributed by atoms with van der Waals surface area (Å²) in [7, 11) is -7.33. The second-order valence-electron chi connectivity index (χ2n) is 10.1. The molecule has 1 aliphatic rings. The fraction of sp³-hybridized carbons (Fsp3) is 0.417. The molecule has 11 heteroatoms. The first-order valence-electron chi connectivity index (χ1n) is 11.4. The van der Waals surface area contributed by atoms with Crippen molar-refractivity contribution in [1.82, 2.24) is 14.3 Å². The third-order valence-corrected chi connectivity index (χ3v) is 8.15. The zero-order valence-corrected chi connectivity index (χ0v) is 21.8. The Kier molecular flexibility index (Phi) is 6.54. The van der Waals surface area contributed by atoms with E-state index >= 15 is 0 Å². The first-order valence-corrected chi connectivity index (χ1v) is 14.8. The van der Waals surface area contributed by atoms with E-state index in [1.54, 1.807) is 45.2 Å². The quantitative estimate of drug-likeness (QED) is 0.458. The Hall–Kier alpha value is -2.76. The zero-order valence-electron chi connectivity index (χ0n) is 20.2. The summed E-state index contributed by atoms with van der Waals surface area (Å²) < 4.78 is 56.1. The predicted molar refractivity (Wildman–Crippen MR) is 136 cm³/mol. The third-order valence-electron chi connectivity index (χ3n) is 5.82. The average Bonchev–Trinajstić information content (AvgIpc) is 3.38. The predicted octanol–water partition coefficient (Wildman–Crippen LogP) is 3.83. The lowest BCUT2D eigenvalue weighted by Crippen LogP contribution is -2.40. The molecule has 1 aliphatic carbocycles. The Morgan fingerprint density at radius 2 is 1.77 bits per heavy atom. The number of ketones is 1. The topological polar surface area (TPSA) is 127 Å². The van der Waals surface area contributed by atoms with Gasteiger partial charge in [0, 0.05) is 46.6 Å². The van der Waals surface area contributed by atoms with Gasteiger partial charge in [-0.2, -0.15) is 0 Å². The lowest BCUT2D eigenvalue weighted by molar-refractivity contribution is 0.103. The molecule has 4 rings (SSSR count). The van der Waals surface area contributed by atoms with Crippen molar-refractivity contribution >= 4 is 42.6 Å². The number of nitrogens with zero attached hydrogens (tertiary/aromatic N) is 2. The van der Waals surface area contributed by atoms with E-state index in [9.17, 15) is 21.6 Å². The van der Waals surface area contributed by atoms with Gasteiger partial charge in [-0.25, -0.2) is 26.5 Å². The summed E-state index contributed by atoms with van der Waals surface area (Å²) in [6, 6.07) is 7.80. The van der Waals surface area contributed by atoms with Crippen LogP contribution in [0, 0.1) is 0 Å². The number of carbonyl (C=O) groups is 1. The second kappa shape index (κ2) is 9.03. The summed E-state index contributed by atoms with van der Waals surface area (Å²) in [4.78, 5) is 17.8. The Morgan fingerprint density at radius 3 is 2.40 bits per heavy atom. The number of pyridine rings is 1. The Labute approximate surface area is 206 Å². The van der Waals surface area contributed by atoms with Gasteiger partial charge in [0.25, 0.3) is 0 Å². The maximum atomic E-state index is 13.6. The minimum absolute atomic E-state index is 0.00979. The van der Waals surface area contributed by atoms with E-state index in [2.05, 4.69) is 14.4 Å². The molecule has 0 amide bonds. The average molecular weight is 519 g/mol. The third kappa shape index (κ3) is 5.74. The number of benzene rings is 1. The van der Waals surface area contributed by atoms with Crippen LogP contribution in [0.25, 0.3) is 10.9 Å². The van der Waals surface area contributed by atoms with Crippen molar-refractivity contribution in [3.63, 3.8) is 0 Å². The standard InChI is InChI=1S/C24H30N4O5S2/c1-24(2,3)27-35(32,33)18-11-7-8-16(12-18)23(29)20-15-28(17-9-5-6-10-17)21-13-22(25-14-19(20)21)26-34(4,30)31/h7-8,11-15,17,27H,5-6,9-10H2,1-4H3,(H,25,26). The van der Waals surface area contributed by atoms with E-state index in [0.29, 0.717) is 16.5 Å². The van der Waals surface area contributed by atoms with Gasteiger partial charge >= 0.3 is 0 Å². The smallest absolute Gasteiger partial charge is 0.241 e. The van der Waals surface area contributed by atoms with Crippen molar-refractivity contribution in [2.75, 3.05) is 11.0 Å². The normalized spacial score (nSPS) is 15.5. The maximum Gasteiger partial charge on any atom is 0.241 e. The molecular formula is C24H30N4O5S2. The highest BCUT2D eigenvalue weighted by Crippen LogP contribution is 2.35. The lowest BCUT2D eigenvalue weighted by atomic mass is 10.0. The Morgan fingerprint density at radius 1 is 1.09 bits per heavy atom. The molecule has 0 atom stereocenters. The number of sulfonamides is 2. The van der Waals surface area contributed by atoms with Crippen molar-refractivity contribution in [3.8, 4) is 0 Å². The van der Waals surface area contributed by atoms with E-state index in [0.717, 1.165) is 31.9 Å². The first kappa shape index (κ1) is 25.3. The van der Waals surface area contributed by atoms with Gasteiger partial charge in [0.15, 0.2) is 5.78 Å². The van der Waals surface area contributed by atoms with Gasteiger partial charge < -0.3 is 4.57 Å². The van der Waals surface area contributed by atoms with Crippen LogP contribution >= 0.6 is 0 Å². The van der Waals surface area contributed by atoms with Crippen LogP contribution in [-0.2, 0) is 20.0 Å². The van der Waals surface area contributed by atoms with E-state index < -0.39 is 25.6 Å². The molecule has 2 aromatic heterocycles. The molecular weight excluding hydrogens is 488 g/mol. The van der Waals surface area contributed by atoms with Crippen molar-refractivity contribution in [1.29, 1.82) is 0 Å². The van der Waals surface area contributed by atoms with Gasteiger partial charge in [0.2, 0.25) is 20.0 Å². The van der Waals surface area contributed by atoms with Gasteiger partial charge in [-0.15, -0.1) is 0 Å². The van der Waals surface area contributed by atoms with Crippen LogP contribution in [0.4, 0.5) is 5.82 Å². The van der Waals surface area contributed by atoms with E-state index in [1.807, 2.05) is 4.57 Å². The summed E-state index contributed by atoms with van der Waals surface area (Å²) in [5.74, 6) is -0.150. The largest absolute Gasteiger partial charge is 0.343 e. The molecule has 2 heterocycles. The molecule has 0 radical (unpaired) electrons. The fourth-order valence-corrected chi connectivity index (χ4v) is 6.43. The van der Waals surface area contributed by atoms with E-state index in [1.165, 1.54) is 18.3 Å². The van der Waals surface area contributed by atoms with Gasteiger partial charge in [-0.1, -0.05) is 25.0 Å². The number of rotatable bonds is 7. The van der Waals surface area contributed by atoms with Crippen molar-refractivity contribution in [2.24, 2.45) is 0 Å². The number of aromatic nitrogens is 2. The molecule has 1 aromatic carbocycles. The first-order chi connectivity index (χ1) is 16.2. The van der Waals surface area contributed by atoms with Crippen molar-refractivity contribution in [3.05, 3.63) is 53.9 Å². The Bertz CT molecular complexity index is 1500. The lowest BCUT2D eigenvalue weighted by Gasteiger charge is -2.20. The molecule has 2 N–H and O–H groups in total. The van der Waals surface area contributed by atoms with Crippen LogP contribution in [0.3, 0.4) is 0 Å². The Balaban J connectivity index is 1.79. The highest BCUT2D eigenvalue weighted by atomic mass is 32.2. The minimum atomic E-state index is -3.81. The molecule has 1 fully saturated rings. The number of hydrogen-bond donors (Lipinski definition) is 2. The number of carbonyl (C=O) groups excluding carboxylic acids is 1. The van der Waals surface area contributed by atoms with Crippen LogP contribution in [0.15, 0.2) is 47.6 Å². The molecule has 35 heavy (non-hydrogen) atoms. The molecule has 1 saturated carbocycles. The molecule has 0 bridgehead atoms. The number of hydrogen-bond acceptors (Lipinski definition) is 6. The number of nitrogens with one attached hydrogen (secondary N) is 2. The summed E-state index contributed by atoms with van der Waals surface area (Å²) >= 11 is 0. The van der Waals surface area contributed by atoms with Gasteiger partial charge in [0.1, 0.15) is 5.82 Å². The van der Waals surface area contributed by atoms with E-state index in [-0.39, 0.29) is 28.1 Å². The summed E-state index contributed by atoms with van der Waals surface area (Å²) in [5.41, 5.74) is 0.672. The fourth-order valence-electron chi connectivity index (χ4n) is 4.48. The number of fused-ring (bicyclic) bond motifs is 1. The van der Waals surface area contributed by atoms with E-state index in [4.69, 9.17) is 0 Å². The summed E-state index contributed by atoms with van der Waals surface area (Å²) in [6.45, 7) is 5.24. The highest BCUT2D eigenvalue weighted by Gasteiger charge is 2.26. The van der Waals surface area contributed by atoms with Crippen LogP contribution in [0.2, 0.25) is 0 Å². The summed E-state index contributed by atoms with van der Waals surface area (Å²) in [5, 5.41) is 0.585. The summed E-state index contributed by atoms with van der Waals surface area (Å²) in [6.07, 6.45) is 8.40. The van der Waals surface area contributed by atoms with Gasteiger partial charge in [0.05, 0.1) is 16.7 Å². The molecule has 0 unspecified atom stereocenters. The van der Waals surface area contributed by atoms with Crippen LogP contribution in [0.1, 0.15) is 68.4 Å². The number of anilines is 1. The van der Waals surface area contributed by atoms with Crippen LogP contribution < -0.4 is 9.44 Å². The van der Waals surface area contributed by atoms with Crippen LogP contribution in [0.5, 0.6) is 0 Å². The highest BCUT2D eigenvalue weighted by molar-refractivity contribution is 7.92. The van der Waals surface area contributed by atoms with Crippen molar-refractivity contribution in [2.45, 2.75) is 62.9 Å². The monoisotopic (exact) mass is 518 g/mol. The minimum Gasteiger partial charge on any atom is -0.343 e. The molecule has 0 aliphatic heterocycles. The van der Waals surface area contributed by atoms with Gasteiger partial charge in [-0.05, 0) is 45.7 Å². The SMILES string of the molecule is CC(C)(C)NS(=O)(=O)c1cccc(C(=O)c2cn(C3CCCC3)c3cc(NS(C)(=O)=O)ncc23)c1. The molecule has 3 aromatic rings.